The lowest BCUT2D eigenvalue weighted by molar-refractivity contribution is 0.280. The van der Waals surface area contributed by atoms with Gasteiger partial charge in [0.05, 0.1) is 12.3 Å². The molecule has 96 valence electrons. The van der Waals surface area contributed by atoms with Crippen molar-refractivity contribution in [3.63, 3.8) is 0 Å². The van der Waals surface area contributed by atoms with Gasteiger partial charge in [-0.2, -0.15) is 0 Å². The van der Waals surface area contributed by atoms with Crippen LogP contribution in [-0.4, -0.2) is 13.3 Å². The maximum absolute atomic E-state index is 6.09. The average Bonchev–Trinajstić information content (AvgIpc) is 2.11. The zero-order chi connectivity index (χ0) is 13.1. The van der Waals surface area contributed by atoms with E-state index in [9.17, 15) is 0 Å². The number of nitrogens with zero attached hydrogens (tertiary/aromatic N) is 1. The highest BCUT2D eigenvalue weighted by Crippen LogP contribution is 2.28. The van der Waals surface area contributed by atoms with Crippen LogP contribution < -0.4 is 5.73 Å². The Morgan fingerprint density at radius 1 is 1.29 bits per heavy atom. The molecule has 17 heavy (non-hydrogen) atoms. The molecular weight excluding hydrogens is 228 g/mol. The molecule has 1 rings (SSSR count). The first-order chi connectivity index (χ1) is 7.68. The quantitative estimate of drug-likeness (QED) is 0.835. The Kier molecular flexibility index (Phi) is 4.33. The second-order valence-corrected chi connectivity index (χ2v) is 10.6. The highest BCUT2D eigenvalue weighted by atomic mass is 28.4. The lowest BCUT2D eigenvalue weighted by Gasteiger charge is -2.30. The van der Waals surface area contributed by atoms with Gasteiger partial charge in [-0.1, -0.05) is 20.8 Å². The molecule has 0 aromatic carbocycles. The van der Waals surface area contributed by atoms with Crippen LogP contribution in [0, 0.1) is 5.41 Å². The lowest BCUT2D eigenvalue weighted by atomic mass is 10.0. The van der Waals surface area contributed by atoms with Gasteiger partial charge in [0.1, 0.15) is 0 Å². The molecule has 0 aliphatic heterocycles. The van der Waals surface area contributed by atoms with E-state index < -0.39 is 8.32 Å². The van der Waals surface area contributed by atoms with E-state index in [0.717, 1.165) is 11.6 Å². The second kappa shape index (κ2) is 5.19. The van der Waals surface area contributed by atoms with Gasteiger partial charge in [0.2, 0.25) is 0 Å². The van der Waals surface area contributed by atoms with Crippen LogP contribution in [0.15, 0.2) is 18.5 Å². The predicted octanol–water partition coefficient (Wildman–Crippen LogP) is 3.43. The molecule has 0 atom stereocenters. The van der Waals surface area contributed by atoms with Crippen molar-refractivity contribution in [1.82, 2.24) is 4.98 Å². The van der Waals surface area contributed by atoms with E-state index in [0.29, 0.717) is 17.7 Å². The van der Waals surface area contributed by atoms with Gasteiger partial charge >= 0.3 is 0 Å². The minimum atomic E-state index is -1.61. The summed E-state index contributed by atoms with van der Waals surface area (Å²) in [6.07, 6.45) is 3.47. The first kappa shape index (κ1) is 14.2. The summed E-state index contributed by atoms with van der Waals surface area (Å²) in [6, 6.07) is 3.07. The Balaban J connectivity index is 2.55. The molecule has 0 fully saturated rings. The van der Waals surface area contributed by atoms with Crippen molar-refractivity contribution in [2.45, 2.75) is 46.5 Å². The number of nitrogens with two attached hydrogens (primary N) is 1. The number of nitrogen functional groups attached to an aromatic ring is 1. The number of anilines is 1. The van der Waals surface area contributed by atoms with Gasteiger partial charge < -0.3 is 10.2 Å². The third-order valence-corrected chi connectivity index (χ3v) is 5.24. The van der Waals surface area contributed by atoms with Crippen LogP contribution >= 0.6 is 0 Å². The Morgan fingerprint density at radius 2 is 1.94 bits per heavy atom. The third kappa shape index (κ3) is 5.84. The molecule has 2 N–H and O–H groups in total. The molecule has 3 nitrogen and oxygen atoms in total. The molecule has 1 aromatic rings. The molecule has 1 heterocycles. The molecule has 1 aromatic heterocycles. The zero-order valence-electron chi connectivity index (χ0n) is 11.6. The van der Waals surface area contributed by atoms with Crippen LogP contribution in [0.1, 0.15) is 26.3 Å². The van der Waals surface area contributed by atoms with Gasteiger partial charge in [-0.3, -0.25) is 4.98 Å². The Labute approximate surface area is 106 Å². The fourth-order valence-corrected chi connectivity index (χ4v) is 5.41. The average molecular weight is 252 g/mol. The number of aromatic nitrogens is 1. The number of rotatable bonds is 4. The number of pyridine rings is 1. The molecule has 0 saturated heterocycles. The van der Waals surface area contributed by atoms with Crippen molar-refractivity contribution in [2.75, 3.05) is 5.73 Å². The van der Waals surface area contributed by atoms with Gasteiger partial charge in [-0.15, -0.1) is 0 Å². The summed E-state index contributed by atoms with van der Waals surface area (Å²) in [7, 11) is -1.61. The van der Waals surface area contributed by atoms with Crippen LogP contribution in [0.25, 0.3) is 0 Å². The Bertz CT molecular complexity index is 372. The van der Waals surface area contributed by atoms with Gasteiger partial charge in [-0.05, 0) is 36.2 Å². The van der Waals surface area contributed by atoms with Crippen LogP contribution in [0.5, 0.6) is 0 Å². The topological polar surface area (TPSA) is 48.1 Å². The minimum Gasteiger partial charge on any atom is -0.413 e. The lowest BCUT2D eigenvalue weighted by Crippen LogP contribution is -2.34. The summed E-state index contributed by atoms with van der Waals surface area (Å²) in [4.78, 5) is 4.07. The molecule has 0 bridgehead atoms. The normalized spacial score (nSPS) is 12.8. The van der Waals surface area contributed by atoms with E-state index in [1.165, 1.54) is 0 Å². The van der Waals surface area contributed by atoms with Crippen molar-refractivity contribution in [3.05, 3.63) is 24.0 Å². The maximum Gasteiger partial charge on any atom is 0.187 e. The van der Waals surface area contributed by atoms with E-state index >= 15 is 0 Å². The van der Waals surface area contributed by atoms with Crippen molar-refractivity contribution < 1.29 is 4.43 Å². The van der Waals surface area contributed by atoms with Crippen LogP contribution in [0.2, 0.25) is 19.1 Å². The summed E-state index contributed by atoms with van der Waals surface area (Å²) in [5.74, 6) is 0. The molecule has 0 aliphatic rings. The molecule has 0 aliphatic carbocycles. The first-order valence-electron chi connectivity index (χ1n) is 6.01. The molecule has 0 unspecified atom stereocenters. The molecule has 0 saturated carbocycles. The van der Waals surface area contributed by atoms with Gasteiger partial charge in [-0.25, -0.2) is 0 Å². The van der Waals surface area contributed by atoms with Crippen molar-refractivity contribution in [2.24, 2.45) is 5.41 Å². The van der Waals surface area contributed by atoms with Gasteiger partial charge in [0.15, 0.2) is 8.32 Å². The van der Waals surface area contributed by atoms with Crippen molar-refractivity contribution in [1.29, 1.82) is 0 Å². The summed E-state index contributed by atoms with van der Waals surface area (Å²) in [5.41, 5.74) is 7.77. The van der Waals surface area contributed by atoms with Crippen LogP contribution in [0.4, 0.5) is 5.69 Å². The summed E-state index contributed by atoms with van der Waals surface area (Å²) >= 11 is 0. The summed E-state index contributed by atoms with van der Waals surface area (Å²) in [5, 5.41) is 0. The maximum atomic E-state index is 6.09. The van der Waals surface area contributed by atoms with E-state index in [1.54, 1.807) is 6.20 Å². The van der Waals surface area contributed by atoms with Crippen molar-refractivity contribution in [3.8, 4) is 0 Å². The summed E-state index contributed by atoms with van der Waals surface area (Å²) < 4.78 is 6.09. The highest BCUT2D eigenvalue weighted by Gasteiger charge is 2.29. The second-order valence-electron chi connectivity index (χ2n) is 6.41. The zero-order valence-corrected chi connectivity index (χ0v) is 12.6. The van der Waals surface area contributed by atoms with Gasteiger partial charge in [0.25, 0.3) is 0 Å². The van der Waals surface area contributed by atoms with E-state index in [-0.39, 0.29) is 0 Å². The third-order valence-electron chi connectivity index (χ3n) is 2.40. The van der Waals surface area contributed by atoms with Crippen LogP contribution in [-0.2, 0) is 11.0 Å². The molecule has 4 heteroatoms. The summed E-state index contributed by atoms with van der Waals surface area (Å²) in [6.45, 7) is 11.9. The van der Waals surface area contributed by atoms with E-state index in [2.05, 4.69) is 38.8 Å². The van der Waals surface area contributed by atoms with E-state index in [1.807, 2.05) is 12.3 Å². The Hall–Kier alpha value is -0.873. The van der Waals surface area contributed by atoms with Crippen LogP contribution in [0.3, 0.4) is 0 Å². The number of hydrogen-bond acceptors (Lipinski definition) is 3. The first-order valence-corrected chi connectivity index (χ1v) is 9.13. The smallest absolute Gasteiger partial charge is 0.187 e. The minimum absolute atomic E-state index is 0.323. The van der Waals surface area contributed by atoms with Crippen molar-refractivity contribution >= 4 is 14.0 Å². The number of hydrogen-bond donors (Lipinski definition) is 1. The molecule has 0 radical (unpaired) electrons. The molecular formula is C13H24N2OSi. The predicted molar refractivity (Wildman–Crippen MR) is 75.2 cm³/mol. The molecule has 0 spiro atoms. The van der Waals surface area contributed by atoms with Gasteiger partial charge in [0, 0.05) is 12.4 Å². The van der Waals surface area contributed by atoms with E-state index in [4.69, 9.17) is 10.2 Å². The highest BCUT2D eigenvalue weighted by molar-refractivity contribution is 6.71. The monoisotopic (exact) mass is 252 g/mol. The standard InChI is InChI=1S/C13H24N2OSi/c1-13(2,3)10-17(4,5)16-9-11-6-12(14)8-15-7-11/h6-8H,9-10,14H2,1-5H3. The molecule has 0 amide bonds. The fraction of sp³-hybridized carbons (Fsp3) is 0.615. The fourth-order valence-electron chi connectivity index (χ4n) is 2.19. The SMILES string of the molecule is CC(C)(C)C[Si](C)(C)OCc1cncc(N)c1. The largest absolute Gasteiger partial charge is 0.413 e. The Morgan fingerprint density at radius 3 is 2.47 bits per heavy atom.